The van der Waals surface area contributed by atoms with Crippen LogP contribution in [0.3, 0.4) is 0 Å². The molecular formula is C11H12BrFO. The molecule has 0 bridgehead atoms. The summed E-state index contributed by atoms with van der Waals surface area (Å²) >= 11 is 3.30. The van der Waals surface area contributed by atoms with Gasteiger partial charge < -0.3 is 5.11 Å². The largest absolute Gasteiger partial charge is 0.392 e. The molecule has 1 rings (SSSR count). The van der Waals surface area contributed by atoms with Gasteiger partial charge in [0.1, 0.15) is 5.82 Å². The summed E-state index contributed by atoms with van der Waals surface area (Å²) in [6.07, 6.45) is 4.76. The zero-order valence-corrected chi connectivity index (χ0v) is 9.30. The minimum atomic E-state index is -0.353. The predicted octanol–water partition coefficient (Wildman–Crippen LogP) is 3.12. The van der Waals surface area contributed by atoms with Crippen molar-refractivity contribution < 1.29 is 9.50 Å². The molecule has 0 saturated carbocycles. The molecule has 0 saturated heterocycles. The van der Waals surface area contributed by atoms with Crippen LogP contribution in [0.1, 0.15) is 17.5 Å². The first-order chi connectivity index (χ1) is 6.77. The third kappa shape index (κ3) is 3.24. The summed E-state index contributed by atoms with van der Waals surface area (Å²) < 4.78 is 13.2. The quantitative estimate of drug-likeness (QED) is 0.823. The summed E-state index contributed by atoms with van der Waals surface area (Å²) in [4.78, 5) is 0. The van der Waals surface area contributed by atoms with E-state index in [1.165, 1.54) is 6.07 Å². The summed E-state index contributed by atoms with van der Waals surface area (Å²) in [7, 11) is 0. The third-order valence-electron chi connectivity index (χ3n) is 1.83. The van der Waals surface area contributed by atoms with Gasteiger partial charge in [0.05, 0.1) is 6.61 Å². The monoisotopic (exact) mass is 258 g/mol. The summed E-state index contributed by atoms with van der Waals surface area (Å²) in [5, 5.41) is 9.66. The molecule has 0 amide bonds. The van der Waals surface area contributed by atoms with Gasteiger partial charge in [-0.3, -0.25) is 0 Å². The van der Waals surface area contributed by atoms with Crippen molar-refractivity contribution in [3.63, 3.8) is 0 Å². The van der Waals surface area contributed by atoms with Crippen molar-refractivity contribution in [2.45, 2.75) is 13.0 Å². The molecule has 0 unspecified atom stereocenters. The van der Waals surface area contributed by atoms with Crippen molar-refractivity contribution in [1.29, 1.82) is 0 Å². The minimum absolute atomic E-state index is 0.253. The van der Waals surface area contributed by atoms with Gasteiger partial charge >= 0.3 is 0 Å². The molecule has 0 spiro atoms. The Labute approximate surface area is 91.4 Å². The molecule has 0 radical (unpaired) electrons. The van der Waals surface area contributed by atoms with Gasteiger partial charge in [0, 0.05) is 10.9 Å². The number of halogens is 2. The molecule has 0 aliphatic rings. The fourth-order valence-corrected chi connectivity index (χ4v) is 1.34. The topological polar surface area (TPSA) is 20.2 Å². The van der Waals surface area contributed by atoms with Crippen LogP contribution in [-0.4, -0.2) is 10.4 Å². The maximum Gasteiger partial charge on any atom is 0.129 e. The Balaban J connectivity index is 2.76. The first-order valence-electron chi connectivity index (χ1n) is 4.39. The summed E-state index contributed by atoms with van der Waals surface area (Å²) in [5.74, 6) is -0.353. The Morgan fingerprint density at radius 3 is 2.79 bits per heavy atom. The van der Waals surface area contributed by atoms with Gasteiger partial charge in [-0.1, -0.05) is 40.2 Å². The van der Waals surface area contributed by atoms with Crippen molar-refractivity contribution >= 4 is 22.0 Å². The number of rotatable bonds is 4. The Morgan fingerprint density at radius 2 is 2.21 bits per heavy atom. The number of alkyl halides is 1. The van der Waals surface area contributed by atoms with Gasteiger partial charge in [0.2, 0.25) is 0 Å². The van der Waals surface area contributed by atoms with Crippen LogP contribution in [0.15, 0.2) is 24.3 Å². The minimum Gasteiger partial charge on any atom is -0.392 e. The first kappa shape index (κ1) is 11.4. The van der Waals surface area contributed by atoms with Crippen LogP contribution >= 0.6 is 15.9 Å². The summed E-state index contributed by atoms with van der Waals surface area (Å²) in [6.45, 7) is -0.253. The van der Waals surface area contributed by atoms with Crippen molar-refractivity contribution in [1.82, 2.24) is 0 Å². The first-order valence-corrected chi connectivity index (χ1v) is 5.52. The van der Waals surface area contributed by atoms with Crippen LogP contribution in [0.2, 0.25) is 0 Å². The molecule has 0 fully saturated rings. The SMILES string of the molecule is OCc1ccc(C=CCCBr)cc1F. The number of aliphatic hydroxyl groups is 1. The fraction of sp³-hybridized carbons (Fsp3) is 0.273. The Hall–Kier alpha value is -0.670. The van der Waals surface area contributed by atoms with Crippen LogP contribution in [0.25, 0.3) is 6.08 Å². The molecule has 1 aromatic carbocycles. The van der Waals surface area contributed by atoms with Crippen LogP contribution in [0.4, 0.5) is 4.39 Å². The summed E-state index contributed by atoms with van der Waals surface area (Å²) in [5.41, 5.74) is 1.16. The van der Waals surface area contributed by atoms with Crippen molar-refractivity contribution in [3.05, 3.63) is 41.2 Å². The van der Waals surface area contributed by atoms with E-state index in [1.54, 1.807) is 12.1 Å². The van der Waals surface area contributed by atoms with Crippen LogP contribution in [0.5, 0.6) is 0 Å². The summed E-state index contributed by atoms with van der Waals surface area (Å²) in [6, 6.07) is 4.82. The van der Waals surface area contributed by atoms with E-state index < -0.39 is 0 Å². The van der Waals surface area contributed by atoms with Gasteiger partial charge in [-0.15, -0.1) is 0 Å². The zero-order chi connectivity index (χ0) is 10.4. The lowest BCUT2D eigenvalue weighted by Gasteiger charge is -1.99. The highest BCUT2D eigenvalue weighted by atomic mass is 79.9. The lowest BCUT2D eigenvalue weighted by molar-refractivity contribution is 0.275. The third-order valence-corrected chi connectivity index (χ3v) is 2.29. The molecule has 14 heavy (non-hydrogen) atoms. The molecule has 76 valence electrons. The number of allylic oxidation sites excluding steroid dienone is 1. The maximum atomic E-state index is 13.2. The molecule has 0 aromatic heterocycles. The van der Waals surface area contributed by atoms with Crippen molar-refractivity contribution in [3.8, 4) is 0 Å². The van der Waals surface area contributed by atoms with Gasteiger partial charge in [0.15, 0.2) is 0 Å². The van der Waals surface area contributed by atoms with Gasteiger partial charge in [-0.2, -0.15) is 0 Å². The van der Waals surface area contributed by atoms with E-state index in [4.69, 9.17) is 5.11 Å². The highest BCUT2D eigenvalue weighted by Gasteiger charge is 1.99. The highest BCUT2D eigenvalue weighted by Crippen LogP contribution is 2.12. The second kappa shape index (κ2) is 5.94. The zero-order valence-electron chi connectivity index (χ0n) is 7.71. The molecular weight excluding hydrogens is 247 g/mol. The van der Waals surface area contributed by atoms with Crippen LogP contribution in [-0.2, 0) is 6.61 Å². The highest BCUT2D eigenvalue weighted by molar-refractivity contribution is 9.09. The van der Waals surface area contributed by atoms with E-state index in [9.17, 15) is 4.39 Å². The normalized spacial score (nSPS) is 11.1. The molecule has 0 atom stereocenters. The van der Waals surface area contributed by atoms with Gasteiger partial charge in [-0.25, -0.2) is 4.39 Å². The predicted molar refractivity (Wildman–Crippen MR) is 59.8 cm³/mol. The molecule has 0 heterocycles. The maximum absolute atomic E-state index is 13.2. The second-order valence-electron chi connectivity index (χ2n) is 2.89. The Bertz CT molecular complexity index is 323. The van der Waals surface area contributed by atoms with Gasteiger partial charge in [-0.05, 0) is 18.1 Å². The van der Waals surface area contributed by atoms with E-state index in [1.807, 2.05) is 12.2 Å². The number of aliphatic hydroxyl groups excluding tert-OH is 1. The molecule has 1 aromatic rings. The van der Waals surface area contributed by atoms with E-state index in [0.717, 1.165) is 17.3 Å². The lowest BCUT2D eigenvalue weighted by Crippen LogP contribution is -1.89. The van der Waals surface area contributed by atoms with Crippen molar-refractivity contribution in [2.75, 3.05) is 5.33 Å². The van der Waals surface area contributed by atoms with E-state index in [0.29, 0.717) is 5.56 Å². The fourth-order valence-electron chi connectivity index (χ4n) is 1.08. The smallest absolute Gasteiger partial charge is 0.129 e. The average molecular weight is 259 g/mol. The number of hydrogen-bond donors (Lipinski definition) is 1. The van der Waals surface area contributed by atoms with E-state index in [-0.39, 0.29) is 12.4 Å². The number of hydrogen-bond acceptors (Lipinski definition) is 1. The van der Waals surface area contributed by atoms with E-state index in [2.05, 4.69) is 15.9 Å². The Morgan fingerprint density at radius 1 is 1.43 bits per heavy atom. The molecule has 1 nitrogen and oxygen atoms in total. The Kier molecular flexibility index (Phi) is 4.84. The molecule has 1 N–H and O–H groups in total. The van der Waals surface area contributed by atoms with Crippen molar-refractivity contribution in [2.24, 2.45) is 0 Å². The lowest BCUT2D eigenvalue weighted by atomic mass is 10.1. The molecule has 3 heteroatoms. The van der Waals surface area contributed by atoms with Gasteiger partial charge in [0.25, 0.3) is 0 Å². The standard InChI is InChI=1S/C11H12BrFO/c12-6-2-1-3-9-4-5-10(8-14)11(13)7-9/h1,3-5,7,14H,2,6,8H2. The van der Waals surface area contributed by atoms with Crippen LogP contribution < -0.4 is 0 Å². The number of benzene rings is 1. The molecule has 0 aliphatic heterocycles. The van der Waals surface area contributed by atoms with E-state index >= 15 is 0 Å². The molecule has 0 aliphatic carbocycles. The van der Waals surface area contributed by atoms with Crippen LogP contribution in [0, 0.1) is 5.82 Å². The second-order valence-corrected chi connectivity index (χ2v) is 3.68. The average Bonchev–Trinajstić information content (AvgIpc) is 2.18.